The lowest BCUT2D eigenvalue weighted by molar-refractivity contribution is -0.671. The monoisotopic (exact) mass is 351 g/mol. The van der Waals surface area contributed by atoms with Gasteiger partial charge in [-0.05, 0) is 29.2 Å². The standard InChI is InChI=1S/C25H23N2/c1-18(2)22-10-6-7-11-24(22)27-15-14-26-17-21-13-12-20(16-23(21)25(26)27)19-8-4-3-5-9-19/h3-16,18H,17H2,1-2H3/q+1. The van der Waals surface area contributed by atoms with E-state index in [1.165, 1.54) is 39.3 Å². The second-order valence-electron chi connectivity index (χ2n) is 7.57. The first kappa shape index (κ1) is 16.1. The summed E-state index contributed by atoms with van der Waals surface area (Å²) >= 11 is 0. The van der Waals surface area contributed by atoms with E-state index in [1.54, 1.807) is 0 Å². The van der Waals surface area contributed by atoms with Gasteiger partial charge in [0.15, 0.2) is 0 Å². The van der Waals surface area contributed by atoms with Gasteiger partial charge in [0.05, 0.1) is 5.56 Å². The molecule has 2 heteroatoms. The molecule has 132 valence electrons. The van der Waals surface area contributed by atoms with Gasteiger partial charge < -0.3 is 0 Å². The van der Waals surface area contributed by atoms with E-state index in [0.29, 0.717) is 5.92 Å². The highest BCUT2D eigenvalue weighted by Gasteiger charge is 2.31. The van der Waals surface area contributed by atoms with E-state index in [4.69, 9.17) is 0 Å². The first-order valence-electron chi connectivity index (χ1n) is 9.61. The topological polar surface area (TPSA) is 8.81 Å². The number of hydrogen-bond donors (Lipinski definition) is 0. The van der Waals surface area contributed by atoms with E-state index in [-0.39, 0.29) is 0 Å². The van der Waals surface area contributed by atoms with Crippen LogP contribution in [-0.2, 0) is 6.54 Å². The summed E-state index contributed by atoms with van der Waals surface area (Å²) in [4.78, 5) is 0. The third-order valence-electron chi connectivity index (χ3n) is 5.51. The molecule has 0 N–H and O–H groups in total. The quantitative estimate of drug-likeness (QED) is 0.375. The van der Waals surface area contributed by atoms with Crippen LogP contribution in [0.4, 0.5) is 0 Å². The first-order valence-corrected chi connectivity index (χ1v) is 9.61. The molecule has 2 heterocycles. The van der Waals surface area contributed by atoms with E-state index >= 15 is 0 Å². The van der Waals surface area contributed by atoms with Gasteiger partial charge in [0.25, 0.3) is 5.82 Å². The summed E-state index contributed by atoms with van der Waals surface area (Å²) in [6.07, 6.45) is 4.41. The summed E-state index contributed by atoms with van der Waals surface area (Å²) in [5, 5.41) is 0. The zero-order valence-corrected chi connectivity index (χ0v) is 15.8. The summed E-state index contributed by atoms with van der Waals surface area (Å²) in [6, 6.07) is 26.2. The summed E-state index contributed by atoms with van der Waals surface area (Å²) in [6.45, 7) is 5.46. The molecule has 4 aromatic rings. The number of aromatic nitrogens is 2. The van der Waals surface area contributed by atoms with E-state index in [0.717, 1.165) is 6.54 Å². The van der Waals surface area contributed by atoms with Crippen molar-refractivity contribution in [3.63, 3.8) is 0 Å². The molecule has 0 unspecified atom stereocenters. The Balaban J connectivity index is 1.69. The highest BCUT2D eigenvalue weighted by atomic mass is 15.2. The molecular weight excluding hydrogens is 328 g/mol. The zero-order valence-electron chi connectivity index (χ0n) is 15.8. The van der Waals surface area contributed by atoms with E-state index in [9.17, 15) is 0 Å². The fourth-order valence-electron chi connectivity index (χ4n) is 4.14. The minimum atomic E-state index is 0.487. The number of imidazole rings is 1. The van der Waals surface area contributed by atoms with Gasteiger partial charge in [-0.15, -0.1) is 0 Å². The predicted octanol–water partition coefficient (Wildman–Crippen LogP) is 5.58. The van der Waals surface area contributed by atoms with Gasteiger partial charge in [-0.3, -0.25) is 0 Å². The Morgan fingerprint density at radius 3 is 2.44 bits per heavy atom. The Hall–Kier alpha value is -3.13. The number of rotatable bonds is 3. The van der Waals surface area contributed by atoms with Crippen LogP contribution in [0.2, 0.25) is 0 Å². The van der Waals surface area contributed by atoms with Crippen LogP contribution in [-0.4, -0.2) is 4.57 Å². The second kappa shape index (κ2) is 6.24. The highest BCUT2D eigenvalue weighted by Crippen LogP contribution is 2.34. The van der Waals surface area contributed by atoms with Gasteiger partial charge in [-0.25, -0.2) is 4.57 Å². The molecule has 0 saturated carbocycles. The van der Waals surface area contributed by atoms with Crippen LogP contribution in [0.15, 0.2) is 85.2 Å². The van der Waals surface area contributed by atoms with Crippen LogP contribution in [0, 0.1) is 0 Å². The molecule has 0 saturated heterocycles. The molecule has 0 fully saturated rings. The minimum absolute atomic E-state index is 0.487. The van der Waals surface area contributed by atoms with Gasteiger partial charge in [0.1, 0.15) is 24.6 Å². The van der Waals surface area contributed by atoms with E-state index < -0.39 is 0 Å². The zero-order chi connectivity index (χ0) is 18.4. The minimum Gasteiger partial charge on any atom is -0.225 e. The Morgan fingerprint density at radius 1 is 0.852 bits per heavy atom. The smallest absolute Gasteiger partial charge is 0.225 e. The summed E-state index contributed by atoms with van der Waals surface area (Å²) in [7, 11) is 0. The van der Waals surface area contributed by atoms with Crippen molar-refractivity contribution >= 4 is 0 Å². The van der Waals surface area contributed by atoms with Crippen molar-refractivity contribution < 1.29 is 4.57 Å². The summed E-state index contributed by atoms with van der Waals surface area (Å²) in [5.74, 6) is 1.76. The van der Waals surface area contributed by atoms with Crippen molar-refractivity contribution in [3.8, 4) is 28.2 Å². The molecule has 0 atom stereocenters. The van der Waals surface area contributed by atoms with Crippen LogP contribution in [0.5, 0.6) is 0 Å². The molecule has 0 spiro atoms. The molecular formula is C25H23N2+. The molecule has 0 radical (unpaired) electrons. The number of nitrogens with zero attached hydrogens (tertiary/aromatic N) is 2. The maximum absolute atomic E-state index is 2.36. The molecule has 1 aliphatic heterocycles. The normalized spacial score (nSPS) is 12.3. The summed E-state index contributed by atoms with van der Waals surface area (Å²) < 4.78 is 4.71. The lowest BCUT2D eigenvalue weighted by Crippen LogP contribution is -2.30. The Kier molecular flexibility index (Phi) is 3.71. The predicted molar refractivity (Wildman–Crippen MR) is 110 cm³/mol. The third kappa shape index (κ3) is 2.60. The molecule has 0 aliphatic carbocycles. The number of fused-ring (bicyclic) bond motifs is 3. The number of hydrogen-bond acceptors (Lipinski definition) is 0. The maximum Gasteiger partial charge on any atom is 0.294 e. The number of para-hydroxylation sites is 1. The third-order valence-corrected chi connectivity index (χ3v) is 5.51. The van der Waals surface area contributed by atoms with Crippen molar-refractivity contribution in [2.24, 2.45) is 0 Å². The largest absolute Gasteiger partial charge is 0.294 e. The van der Waals surface area contributed by atoms with Gasteiger partial charge in [0, 0.05) is 11.1 Å². The lowest BCUT2D eigenvalue weighted by Gasteiger charge is -2.11. The highest BCUT2D eigenvalue weighted by molar-refractivity contribution is 5.73. The van der Waals surface area contributed by atoms with Crippen LogP contribution in [0.1, 0.15) is 30.9 Å². The van der Waals surface area contributed by atoms with Crippen molar-refractivity contribution in [3.05, 3.63) is 96.3 Å². The Bertz CT molecular complexity index is 1120. The lowest BCUT2D eigenvalue weighted by atomic mass is 9.99. The fourth-order valence-corrected chi connectivity index (χ4v) is 4.14. The first-order chi connectivity index (χ1) is 13.2. The average Bonchev–Trinajstić information content (AvgIpc) is 3.27. The van der Waals surface area contributed by atoms with Crippen LogP contribution < -0.4 is 4.57 Å². The summed E-state index contributed by atoms with van der Waals surface area (Å²) in [5.41, 5.74) is 7.91. The van der Waals surface area contributed by atoms with Gasteiger partial charge in [-0.2, -0.15) is 4.57 Å². The molecule has 2 nitrogen and oxygen atoms in total. The van der Waals surface area contributed by atoms with Gasteiger partial charge >= 0.3 is 0 Å². The van der Waals surface area contributed by atoms with Crippen molar-refractivity contribution in [1.29, 1.82) is 0 Å². The van der Waals surface area contributed by atoms with Crippen LogP contribution >= 0.6 is 0 Å². The molecule has 0 bridgehead atoms. The maximum atomic E-state index is 2.36. The SMILES string of the molecule is CC(C)c1ccccc1-n1cc[n+]2c1-c1cc(-c3ccccc3)ccc1C2. The van der Waals surface area contributed by atoms with Crippen molar-refractivity contribution in [1.82, 2.24) is 4.57 Å². The van der Waals surface area contributed by atoms with Crippen LogP contribution in [0.3, 0.4) is 0 Å². The van der Waals surface area contributed by atoms with Gasteiger partial charge in [0.2, 0.25) is 0 Å². The fraction of sp³-hybridized carbons (Fsp3) is 0.160. The van der Waals surface area contributed by atoms with E-state index in [2.05, 4.69) is 108 Å². The molecule has 27 heavy (non-hydrogen) atoms. The molecule has 1 aromatic heterocycles. The molecule has 5 rings (SSSR count). The van der Waals surface area contributed by atoms with E-state index in [1.807, 2.05) is 0 Å². The molecule has 0 amide bonds. The Morgan fingerprint density at radius 2 is 1.63 bits per heavy atom. The Labute approximate surface area is 160 Å². The van der Waals surface area contributed by atoms with Crippen molar-refractivity contribution in [2.45, 2.75) is 26.3 Å². The molecule has 1 aliphatic rings. The molecule has 3 aromatic carbocycles. The number of benzene rings is 3. The van der Waals surface area contributed by atoms with Crippen molar-refractivity contribution in [2.75, 3.05) is 0 Å². The van der Waals surface area contributed by atoms with Crippen LogP contribution in [0.25, 0.3) is 28.2 Å². The average molecular weight is 351 g/mol. The second-order valence-corrected chi connectivity index (χ2v) is 7.57. The van der Waals surface area contributed by atoms with Gasteiger partial charge in [-0.1, -0.05) is 74.5 Å².